The summed E-state index contributed by atoms with van der Waals surface area (Å²) in [5.74, 6) is 0.494. The molecule has 2 aliphatic rings. The van der Waals surface area contributed by atoms with Gasteiger partial charge in [-0.25, -0.2) is 0 Å². The van der Waals surface area contributed by atoms with Gasteiger partial charge in [-0.2, -0.15) is 0 Å². The number of aliphatic hydroxyl groups is 1. The Kier molecular flexibility index (Phi) is 4.93. The van der Waals surface area contributed by atoms with Crippen molar-refractivity contribution in [3.05, 3.63) is 28.8 Å². The first-order chi connectivity index (χ1) is 11.9. The molecule has 25 heavy (non-hydrogen) atoms. The number of hydrogen-bond acceptors (Lipinski definition) is 4. The number of nitrogens with zero attached hydrogens (tertiary/aromatic N) is 2. The molecule has 0 aromatic heterocycles. The summed E-state index contributed by atoms with van der Waals surface area (Å²) in [5.41, 5.74) is -0.148. The highest BCUT2D eigenvalue weighted by Gasteiger charge is 2.48. The molecule has 136 valence electrons. The highest BCUT2D eigenvalue weighted by molar-refractivity contribution is 6.33. The Morgan fingerprint density at radius 3 is 2.68 bits per heavy atom. The maximum Gasteiger partial charge on any atom is 0.255 e. The third-order valence-corrected chi connectivity index (χ3v) is 5.65. The summed E-state index contributed by atoms with van der Waals surface area (Å²) < 4.78 is 5.17. The minimum Gasteiger partial charge on any atom is -0.497 e. The SMILES string of the molecule is COc1ccc(Cl)c(C(=O)N2CCC3(CC2)CC(O)CN(C)C3=O)c1. The number of ether oxygens (including phenoxy) is 1. The number of halogens is 1. The van der Waals surface area contributed by atoms with Gasteiger partial charge in [-0.15, -0.1) is 0 Å². The highest BCUT2D eigenvalue weighted by atomic mass is 35.5. The van der Waals surface area contributed by atoms with Crippen LogP contribution < -0.4 is 4.74 Å². The second-order valence-electron chi connectivity index (χ2n) is 6.96. The van der Waals surface area contributed by atoms with E-state index in [1.54, 1.807) is 42.2 Å². The lowest BCUT2D eigenvalue weighted by Gasteiger charge is -2.47. The van der Waals surface area contributed by atoms with E-state index in [0.29, 0.717) is 55.2 Å². The van der Waals surface area contributed by atoms with Gasteiger partial charge >= 0.3 is 0 Å². The first-order valence-corrected chi connectivity index (χ1v) is 8.80. The van der Waals surface area contributed by atoms with Crippen LogP contribution in [0.2, 0.25) is 5.02 Å². The van der Waals surface area contributed by atoms with Crippen LogP contribution in [-0.2, 0) is 4.79 Å². The molecule has 1 atom stereocenters. The fourth-order valence-corrected chi connectivity index (χ4v) is 4.13. The van der Waals surface area contributed by atoms with E-state index in [1.165, 1.54) is 0 Å². The van der Waals surface area contributed by atoms with Crippen molar-refractivity contribution in [3.8, 4) is 5.75 Å². The second kappa shape index (κ2) is 6.84. The standard InChI is InChI=1S/C18H23ClN2O4/c1-20-11-12(22)10-18(17(20)24)5-7-21(8-6-18)16(23)14-9-13(25-2)3-4-15(14)19/h3-4,9,12,22H,5-8,10-11H2,1-2H3. The molecular weight excluding hydrogens is 344 g/mol. The summed E-state index contributed by atoms with van der Waals surface area (Å²) in [4.78, 5) is 28.7. The molecule has 0 bridgehead atoms. The van der Waals surface area contributed by atoms with Crippen molar-refractivity contribution in [2.24, 2.45) is 5.41 Å². The van der Waals surface area contributed by atoms with Crippen molar-refractivity contribution in [3.63, 3.8) is 0 Å². The van der Waals surface area contributed by atoms with Gasteiger partial charge in [0.05, 0.1) is 29.2 Å². The Hall–Kier alpha value is -1.79. The molecule has 2 heterocycles. The average molecular weight is 367 g/mol. The van der Waals surface area contributed by atoms with Gasteiger partial charge in [0, 0.05) is 26.7 Å². The fourth-order valence-electron chi connectivity index (χ4n) is 3.93. The van der Waals surface area contributed by atoms with E-state index in [4.69, 9.17) is 16.3 Å². The van der Waals surface area contributed by atoms with E-state index in [2.05, 4.69) is 0 Å². The van der Waals surface area contributed by atoms with Gasteiger partial charge in [0.15, 0.2) is 0 Å². The molecule has 2 fully saturated rings. The normalized spacial score (nSPS) is 23.0. The molecule has 6 nitrogen and oxygen atoms in total. The summed E-state index contributed by atoms with van der Waals surface area (Å²) in [6, 6.07) is 5.00. The number of carbonyl (C=O) groups is 2. The van der Waals surface area contributed by atoms with Gasteiger partial charge < -0.3 is 19.6 Å². The molecule has 7 heteroatoms. The van der Waals surface area contributed by atoms with E-state index in [-0.39, 0.29) is 11.8 Å². The van der Waals surface area contributed by atoms with E-state index in [0.717, 1.165) is 0 Å². The first kappa shape index (κ1) is 18.0. The van der Waals surface area contributed by atoms with Crippen LogP contribution in [0.4, 0.5) is 0 Å². The minimum absolute atomic E-state index is 0.0734. The molecule has 1 unspecified atom stereocenters. The van der Waals surface area contributed by atoms with Crippen LogP contribution >= 0.6 is 11.6 Å². The van der Waals surface area contributed by atoms with Crippen molar-refractivity contribution in [2.45, 2.75) is 25.4 Å². The number of hydrogen-bond donors (Lipinski definition) is 1. The lowest BCUT2D eigenvalue weighted by molar-refractivity contribution is -0.154. The van der Waals surface area contributed by atoms with Gasteiger partial charge in [0.25, 0.3) is 5.91 Å². The fraction of sp³-hybridized carbons (Fsp3) is 0.556. The maximum atomic E-state index is 12.8. The Balaban J connectivity index is 1.74. The largest absolute Gasteiger partial charge is 0.497 e. The quantitative estimate of drug-likeness (QED) is 0.866. The zero-order valence-corrected chi connectivity index (χ0v) is 15.3. The molecule has 1 spiro atoms. The van der Waals surface area contributed by atoms with Crippen molar-refractivity contribution in [1.29, 1.82) is 0 Å². The van der Waals surface area contributed by atoms with Gasteiger partial charge in [0.2, 0.25) is 5.91 Å². The van der Waals surface area contributed by atoms with Crippen LogP contribution in [-0.4, -0.2) is 66.6 Å². The number of aliphatic hydroxyl groups excluding tert-OH is 1. The van der Waals surface area contributed by atoms with Crippen LogP contribution in [0.3, 0.4) is 0 Å². The maximum absolute atomic E-state index is 12.8. The number of piperidine rings is 2. The molecular formula is C18H23ClN2O4. The summed E-state index contributed by atoms with van der Waals surface area (Å²) in [7, 11) is 3.26. The summed E-state index contributed by atoms with van der Waals surface area (Å²) in [6.45, 7) is 1.32. The van der Waals surface area contributed by atoms with Crippen molar-refractivity contribution in [1.82, 2.24) is 9.80 Å². The predicted molar refractivity (Wildman–Crippen MR) is 93.8 cm³/mol. The van der Waals surface area contributed by atoms with Crippen LogP contribution in [0.1, 0.15) is 29.6 Å². The summed E-state index contributed by atoms with van der Waals surface area (Å²) in [5, 5.41) is 10.4. The summed E-state index contributed by atoms with van der Waals surface area (Å²) in [6.07, 6.45) is 1.08. The number of benzene rings is 1. The van der Waals surface area contributed by atoms with E-state index >= 15 is 0 Å². The zero-order chi connectivity index (χ0) is 18.2. The smallest absolute Gasteiger partial charge is 0.255 e. The van der Waals surface area contributed by atoms with Crippen LogP contribution in [0.5, 0.6) is 5.75 Å². The van der Waals surface area contributed by atoms with E-state index in [9.17, 15) is 14.7 Å². The van der Waals surface area contributed by atoms with Crippen molar-refractivity contribution >= 4 is 23.4 Å². The predicted octanol–water partition coefficient (Wildman–Crippen LogP) is 1.79. The third-order valence-electron chi connectivity index (χ3n) is 5.32. The monoisotopic (exact) mass is 366 g/mol. The molecule has 0 radical (unpaired) electrons. The number of methoxy groups -OCH3 is 1. The number of rotatable bonds is 2. The molecule has 1 aromatic rings. The highest BCUT2D eigenvalue weighted by Crippen LogP contribution is 2.41. The van der Waals surface area contributed by atoms with Gasteiger partial charge in [-0.1, -0.05) is 11.6 Å². The topological polar surface area (TPSA) is 70.1 Å². The first-order valence-electron chi connectivity index (χ1n) is 8.43. The Labute approximate surface area is 152 Å². The van der Waals surface area contributed by atoms with Gasteiger partial charge in [0.1, 0.15) is 5.75 Å². The Bertz CT molecular complexity index is 686. The third kappa shape index (κ3) is 3.33. The Morgan fingerprint density at radius 2 is 2.04 bits per heavy atom. The number of β-amino-alcohol motifs (C(OH)–C–C–N with tert-alkyl or cyclic N) is 1. The lowest BCUT2D eigenvalue weighted by Crippen LogP contribution is -2.56. The Morgan fingerprint density at radius 1 is 1.36 bits per heavy atom. The molecule has 0 aliphatic carbocycles. The van der Waals surface area contributed by atoms with Gasteiger partial charge in [-0.3, -0.25) is 9.59 Å². The van der Waals surface area contributed by atoms with Crippen molar-refractivity contribution < 1.29 is 19.4 Å². The average Bonchev–Trinajstić information content (AvgIpc) is 2.60. The number of carbonyl (C=O) groups excluding carboxylic acids is 2. The van der Waals surface area contributed by atoms with Crippen LogP contribution in [0.15, 0.2) is 18.2 Å². The number of amides is 2. The van der Waals surface area contributed by atoms with E-state index < -0.39 is 11.5 Å². The lowest BCUT2D eigenvalue weighted by atomic mass is 9.71. The van der Waals surface area contributed by atoms with E-state index in [1.807, 2.05) is 0 Å². The van der Waals surface area contributed by atoms with Crippen LogP contribution in [0, 0.1) is 5.41 Å². The van der Waals surface area contributed by atoms with Gasteiger partial charge in [-0.05, 0) is 37.5 Å². The second-order valence-corrected chi connectivity index (χ2v) is 7.37. The number of likely N-dealkylation sites (tertiary alicyclic amines) is 2. The molecule has 2 amide bonds. The molecule has 0 saturated carbocycles. The minimum atomic E-state index is -0.554. The zero-order valence-electron chi connectivity index (χ0n) is 14.5. The molecule has 3 rings (SSSR count). The number of likely N-dealkylation sites (N-methyl/N-ethyl adjacent to an activating group) is 1. The molecule has 2 aliphatic heterocycles. The molecule has 2 saturated heterocycles. The van der Waals surface area contributed by atoms with Crippen LogP contribution in [0.25, 0.3) is 0 Å². The molecule has 1 N–H and O–H groups in total. The summed E-state index contributed by atoms with van der Waals surface area (Å²) >= 11 is 6.17. The molecule has 1 aromatic carbocycles. The van der Waals surface area contributed by atoms with Crippen molar-refractivity contribution in [2.75, 3.05) is 33.8 Å².